The number of aromatic nitrogens is 3. The van der Waals surface area contributed by atoms with Crippen molar-refractivity contribution in [1.29, 1.82) is 0 Å². The molecule has 1 heterocycles. The first kappa shape index (κ1) is 15.6. The third-order valence-corrected chi connectivity index (χ3v) is 2.93. The lowest BCUT2D eigenvalue weighted by Gasteiger charge is -2.09. The minimum atomic E-state index is -1.26. The van der Waals surface area contributed by atoms with Crippen molar-refractivity contribution >= 4 is 11.9 Å². The highest BCUT2D eigenvalue weighted by atomic mass is 16.5. The maximum Gasteiger partial charge on any atom is 0.335 e. The lowest BCUT2D eigenvalue weighted by atomic mass is 10.1. The van der Waals surface area contributed by atoms with Crippen molar-refractivity contribution in [3.8, 4) is 5.69 Å². The quantitative estimate of drug-likeness (QED) is 0.693. The molecule has 22 heavy (non-hydrogen) atoms. The molecule has 1 aromatic carbocycles. The van der Waals surface area contributed by atoms with Gasteiger partial charge in [-0.05, 0) is 18.2 Å². The third kappa shape index (κ3) is 2.95. The second-order valence-electron chi connectivity index (χ2n) is 4.36. The van der Waals surface area contributed by atoms with Crippen molar-refractivity contribution in [3.63, 3.8) is 0 Å². The molecule has 0 fully saturated rings. The number of hydrogen-bond acceptors (Lipinski definition) is 6. The van der Waals surface area contributed by atoms with Gasteiger partial charge in [0.05, 0.1) is 35.7 Å². The second kappa shape index (κ2) is 6.33. The molecule has 0 aliphatic carbocycles. The number of aliphatic hydroxyl groups is 1. The smallest absolute Gasteiger partial charge is 0.335 e. The van der Waals surface area contributed by atoms with Gasteiger partial charge < -0.3 is 20.1 Å². The van der Waals surface area contributed by atoms with Crippen molar-refractivity contribution in [2.75, 3.05) is 7.11 Å². The van der Waals surface area contributed by atoms with Crippen LogP contribution in [-0.4, -0.2) is 49.4 Å². The molecule has 0 saturated carbocycles. The van der Waals surface area contributed by atoms with Crippen molar-refractivity contribution < 1.29 is 29.6 Å². The van der Waals surface area contributed by atoms with Crippen molar-refractivity contribution in [2.45, 2.75) is 13.2 Å². The van der Waals surface area contributed by atoms with Gasteiger partial charge in [0.25, 0.3) is 0 Å². The molecule has 1 aromatic heterocycles. The monoisotopic (exact) mass is 307 g/mol. The van der Waals surface area contributed by atoms with Crippen LogP contribution in [-0.2, 0) is 18.0 Å². The molecule has 0 aliphatic heterocycles. The summed E-state index contributed by atoms with van der Waals surface area (Å²) in [6.07, 6.45) is 0. The van der Waals surface area contributed by atoms with Crippen LogP contribution in [0.3, 0.4) is 0 Å². The summed E-state index contributed by atoms with van der Waals surface area (Å²) in [5.74, 6) is -2.53. The van der Waals surface area contributed by atoms with Gasteiger partial charge in [0.2, 0.25) is 0 Å². The molecule has 9 nitrogen and oxygen atoms in total. The van der Waals surface area contributed by atoms with Gasteiger partial charge in [0.15, 0.2) is 0 Å². The van der Waals surface area contributed by atoms with Crippen LogP contribution in [0.25, 0.3) is 5.69 Å². The Balaban J connectivity index is 2.63. The zero-order valence-electron chi connectivity index (χ0n) is 11.6. The fourth-order valence-electron chi connectivity index (χ4n) is 1.92. The SMILES string of the molecule is COCc1c(CO)nnn1-c1cc(C(=O)O)cc(C(=O)O)c1. The summed E-state index contributed by atoms with van der Waals surface area (Å²) in [4.78, 5) is 22.3. The summed E-state index contributed by atoms with van der Waals surface area (Å²) in [5, 5.41) is 35.0. The number of carboxylic acids is 2. The number of aromatic carboxylic acids is 2. The van der Waals surface area contributed by atoms with Crippen molar-refractivity contribution in [1.82, 2.24) is 15.0 Å². The van der Waals surface area contributed by atoms with E-state index in [1.807, 2.05) is 0 Å². The molecule has 0 saturated heterocycles. The summed E-state index contributed by atoms with van der Waals surface area (Å²) < 4.78 is 6.25. The zero-order valence-corrected chi connectivity index (χ0v) is 11.6. The van der Waals surface area contributed by atoms with E-state index in [0.29, 0.717) is 5.69 Å². The number of nitrogens with zero attached hydrogens (tertiary/aromatic N) is 3. The summed E-state index contributed by atoms with van der Waals surface area (Å²) in [6, 6.07) is 3.58. The van der Waals surface area contributed by atoms with E-state index in [-0.39, 0.29) is 35.7 Å². The Kier molecular flexibility index (Phi) is 4.49. The van der Waals surface area contributed by atoms with Crippen LogP contribution in [0.15, 0.2) is 18.2 Å². The molecule has 3 N–H and O–H groups in total. The molecule has 0 bridgehead atoms. The van der Waals surface area contributed by atoms with Crippen LogP contribution in [0.5, 0.6) is 0 Å². The fourth-order valence-corrected chi connectivity index (χ4v) is 1.92. The van der Waals surface area contributed by atoms with E-state index in [9.17, 15) is 14.7 Å². The molecule has 0 spiro atoms. The maximum atomic E-state index is 11.1. The van der Waals surface area contributed by atoms with Crippen LogP contribution >= 0.6 is 0 Å². The average molecular weight is 307 g/mol. The van der Waals surface area contributed by atoms with E-state index in [2.05, 4.69) is 10.3 Å². The number of rotatable bonds is 6. The van der Waals surface area contributed by atoms with E-state index in [4.69, 9.17) is 14.9 Å². The zero-order chi connectivity index (χ0) is 16.3. The lowest BCUT2D eigenvalue weighted by molar-refractivity contribution is 0.0696. The van der Waals surface area contributed by atoms with E-state index in [1.165, 1.54) is 23.9 Å². The molecule has 2 rings (SSSR count). The van der Waals surface area contributed by atoms with Crippen LogP contribution in [0.1, 0.15) is 32.1 Å². The van der Waals surface area contributed by atoms with Crippen molar-refractivity contribution in [2.24, 2.45) is 0 Å². The summed E-state index contributed by atoms with van der Waals surface area (Å²) in [7, 11) is 1.44. The van der Waals surface area contributed by atoms with E-state index < -0.39 is 11.9 Å². The van der Waals surface area contributed by atoms with Gasteiger partial charge in [-0.1, -0.05) is 5.21 Å². The van der Waals surface area contributed by atoms with Crippen LogP contribution in [0.2, 0.25) is 0 Å². The third-order valence-electron chi connectivity index (χ3n) is 2.93. The van der Waals surface area contributed by atoms with Gasteiger partial charge in [-0.3, -0.25) is 0 Å². The summed E-state index contributed by atoms with van der Waals surface area (Å²) in [5.41, 5.74) is 0.485. The van der Waals surface area contributed by atoms with Crippen molar-refractivity contribution in [3.05, 3.63) is 40.7 Å². The Hall–Kier alpha value is -2.78. The maximum absolute atomic E-state index is 11.1. The molecule has 9 heteroatoms. The second-order valence-corrected chi connectivity index (χ2v) is 4.36. The minimum absolute atomic E-state index is 0.0720. The van der Waals surface area contributed by atoms with E-state index >= 15 is 0 Å². The first-order chi connectivity index (χ1) is 10.5. The lowest BCUT2D eigenvalue weighted by Crippen LogP contribution is -2.09. The Morgan fingerprint density at radius 3 is 2.23 bits per heavy atom. The molecule has 0 amide bonds. The largest absolute Gasteiger partial charge is 0.478 e. The molecular weight excluding hydrogens is 294 g/mol. The molecule has 0 atom stereocenters. The number of benzene rings is 1. The van der Waals surface area contributed by atoms with Gasteiger partial charge in [-0.25, -0.2) is 14.3 Å². The molecule has 0 unspecified atom stereocenters. The predicted molar refractivity (Wildman–Crippen MR) is 71.9 cm³/mol. The number of carboxylic acid groups (broad SMARTS) is 2. The summed E-state index contributed by atoms with van der Waals surface area (Å²) >= 11 is 0. The fraction of sp³-hybridized carbons (Fsp3) is 0.231. The van der Waals surface area contributed by atoms with Crippen LogP contribution < -0.4 is 0 Å². The van der Waals surface area contributed by atoms with Gasteiger partial charge in [-0.15, -0.1) is 5.10 Å². The van der Waals surface area contributed by atoms with Gasteiger partial charge in [-0.2, -0.15) is 0 Å². The number of hydrogen-bond donors (Lipinski definition) is 3. The van der Waals surface area contributed by atoms with Gasteiger partial charge in [0.1, 0.15) is 5.69 Å². The normalized spacial score (nSPS) is 10.6. The highest BCUT2D eigenvalue weighted by Gasteiger charge is 2.17. The Bertz CT molecular complexity index is 692. The molecular formula is C13H13N3O6. The standard InChI is InChI=1S/C13H13N3O6/c1-22-6-11-10(5-17)14-15-16(11)9-3-7(12(18)19)2-8(4-9)13(20)21/h2-4,17H,5-6H2,1H3,(H,18,19)(H,20,21). The number of carbonyl (C=O) groups is 2. The van der Waals surface area contributed by atoms with E-state index in [0.717, 1.165) is 6.07 Å². The van der Waals surface area contributed by atoms with E-state index in [1.54, 1.807) is 0 Å². The van der Waals surface area contributed by atoms with Crippen LogP contribution in [0.4, 0.5) is 0 Å². The predicted octanol–water partition coefficient (Wildman–Crippen LogP) is 0.302. The molecule has 0 radical (unpaired) electrons. The number of aliphatic hydroxyl groups excluding tert-OH is 1. The Morgan fingerprint density at radius 1 is 1.18 bits per heavy atom. The van der Waals surface area contributed by atoms with Gasteiger partial charge >= 0.3 is 11.9 Å². The highest BCUT2D eigenvalue weighted by Crippen LogP contribution is 2.18. The van der Waals surface area contributed by atoms with Crippen LogP contribution in [0, 0.1) is 0 Å². The highest BCUT2D eigenvalue weighted by molar-refractivity contribution is 5.94. The van der Waals surface area contributed by atoms with Gasteiger partial charge in [0, 0.05) is 7.11 Å². The Labute approximate surface area is 124 Å². The average Bonchev–Trinajstić information content (AvgIpc) is 2.90. The Morgan fingerprint density at radius 2 is 1.77 bits per heavy atom. The number of ether oxygens (including phenoxy) is 1. The summed E-state index contributed by atoms with van der Waals surface area (Å²) in [6.45, 7) is -0.300. The minimum Gasteiger partial charge on any atom is -0.478 e. The topological polar surface area (TPSA) is 135 Å². The first-order valence-electron chi connectivity index (χ1n) is 6.13. The molecule has 2 aromatic rings. The first-order valence-corrected chi connectivity index (χ1v) is 6.13. The molecule has 0 aliphatic rings. The number of methoxy groups -OCH3 is 1. The molecule has 116 valence electrons.